The molecule has 1 N–H and O–H groups in total. The predicted octanol–water partition coefficient (Wildman–Crippen LogP) is 5.13. The smallest absolute Gasteiger partial charge is 0.224 e. The van der Waals surface area contributed by atoms with Crippen LogP contribution in [0.25, 0.3) is 0 Å². The monoisotopic (exact) mass is 407 g/mol. The number of carbonyl (C=O) groups excluding carboxylic acids is 1. The highest BCUT2D eigenvalue weighted by Gasteiger charge is 2.18. The molecule has 108 valence electrons. The first kappa shape index (κ1) is 14.8. The number of carbonyl (C=O) groups is 1. The van der Waals surface area contributed by atoms with Crippen LogP contribution in [0.1, 0.15) is 33.5 Å². The van der Waals surface area contributed by atoms with Gasteiger partial charge in [-0.2, -0.15) is 0 Å². The average Bonchev–Trinajstić information content (AvgIpc) is 2.45. The van der Waals surface area contributed by atoms with Crippen molar-refractivity contribution < 1.29 is 4.79 Å². The van der Waals surface area contributed by atoms with Crippen molar-refractivity contribution in [3.63, 3.8) is 0 Å². The molecule has 2 nitrogen and oxygen atoms in total. The molecule has 0 bridgehead atoms. The van der Waals surface area contributed by atoms with E-state index in [1.807, 2.05) is 6.07 Å². The van der Waals surface area contributed by atoms with Crippen molar-refractivity contribution in [2.24, 2.45) is 0 Å². The lowest BCUT2D eigenvalue weighted by Gasteiger charge is -2.19. The van der Waals surface area contributed by atoms with E-state index in [0.717, 1.165) is 16.6 Å². The summed E-state index contributed by atoms with van der Waals surface area (Å²) >= 11 is 7.35. The van der Waals surface area contributed by atoms with Crippen LogP contribution in [-0.2, 0) is 11.2 Å². The highest BCUT2D eigenvalue weighted by molar-refractivity contribution is 9.10. The Kier molecular flexibility index (Phi) is 4.18. The Morgan fingerprint density at radius 2 is 1.90 bits per heavy atom. The topological polar surface area (TPSA) is 29.1 Å². The number of rotatable bonds is 2. The number of nitrogens with one attached hydrogen (secondary N) is 1. The Balaban J connectivity index is 1.94. The summed E-state index contributed by atoms with van der Waals surface area (Å²) in [5.74, 6) is 0.105. The largest absolute Gasteiger partial charge is 0.326 e. The van der Waals surface area contributed by atoms with Crippen LogP contribution in [0.4, 0.5) is 5.69 Å². The van der Waals surface area contributed by atoms with E-state index in [1.165, 1.54) is 22.3 Å². The molecule has 0 fully saturated rings. The van der Waals surface area contributed by atoms with Crippen LogP contribution < -0.4 is 5.32 Å². The summed E-state index contributed by atoms with van der Waals surface area (Å²) < 4.78 is 1.09. The molecule has 1 unspecified atom stereocenters. The molecule has 21 heavy (non-hydrogen) atoms. The van der Waals surface area contributed by atoms with Crippen molar-refractivity contribution in [3.05, 3.63) is 63.1 Å². The molecular weight excluding hydrogens is 394 g/mol. The number of benzene rings is 2. The van der Waals surface area contributed by atoms with Gasteiger partial charge in [-0.3, -0.25) is 4.79 Å². The Morgan fingerprint density at radius 1 is 1.10 bits per heavy atom. The zero-order valence-electron chi connectivity index (χ0n) is 11.6. The van der Waals surface area contributed by atoms with Crippen LogP contribution in [-0.4, -0.2) is 5.91 Å². The molecule has 1 aliphatic rings. The number of hydrogen-bond donors (Lipinski definition) is 1. The Labute approximate surface area is 141 Å². The molecule has 1 heterocycles. The summed E-state index contributed by atoms with van der Waals surface area (Å²) in [7, 11) is 0. The standard InChI is InChI=1S/C17H15Br2NO/c1-10-6-13(9-14(18)7-10)17(19)12-2-4-15-11(8-12)3-5-16(21)20-15/h2,4,6-9,17H,3,5H2,1H3,(H,20,21). The van der Waals surface area contributed by atoms with E-state index < -0.39 is 0 Å². The zero-order chi connectivity index (χ0) is 15.0. The van der Waals surface area contributed by atoms with Crippen LogP contribution in [0.5, 0.6) is 0 Å². The van der Waals surface area contributed by atoms with Crippen molar-refractivity contribution in [2.75, 3.05) is 5.32 Å². The molecule has 4 heteroatoms. The van der Waals surface area contributed by atoms with E-state index >= 15 is 0 Å². The van der Waals surface area contributed by atoms with E-state index in [0.29, 0.717) is 6.42 Å². The van der Waals surface area contributed by atoms with Gasteiger partial charge in [-0.1, -0.05) is 50.1 Å². The minimum absolute atomic E-state index is 0.105. The molecule has 2 aromatic rings. The molecule has 1 aliphatic heterocycles. The van der Waals surface area contributed by atoms with Crippen molar-refractivity contribution in [1.82, 2.24) is 0 Å². The fraction of sp³-hybridized carbons (Fsp3) is 0.235. The predicted molar refractivity (Wildman–Crippen MR) is 93.0 cm³/mol. The molecule has 1 amide bonds. The molecule has 2 aromatic carbocycles. The lowest BCUT2D eigenvalue weighted by Crippen LogP contribution is -2.19. The van der Waals surface area contributed by atoms with Crippen molar-refractivity contribution in [1.29, 1.82) is 0 Å². The van der Waals surface area contributed by atoms with Gasteiger partial charge >= 0.3 is 0 Å². The SMILES string of the molecule is Cc1cc(Br)cc(C(Br)c2ccc3c(c2)CCC(=O)N3)c1. The molecule has 0 aliphatic carbocycles. The number of aryl methyl sites for hydroxylation is 2. The van der Waals surface area contributed by atoms with Gasteiger partial charge in [0.1, 0.15) is 0 Å². The zero-order valence-corrected chi connectivity index (χ0v) is 14.8. The fourth-order valence-corrected chi connectivity index (χ4v) is 3.84. The molecule has 1 atom stereocenters. The van der Waals surface area contributed by atoms with Crippen LogP contribution in [0.2, 0.25) is 0 Å². The minimum Gasteiger partial charge on any atom is -0.326 e. The number of fused-ring (bicyclic) bond motifs is 1. The van der Waals surface area contributed by atoms with Crippen LogP contribution in [0.15, 0.2) is 40.9 Å². The lowest BCUT2D eigenvalue weighted by atomic mass is 9.96. The third-order valence-corrected chi connectivity index (χ3v) is 5.19. The maximum atomic E-state index is 11.4. The quantitative estimate of drug-likeness (QED) is 0.686. The van der Waals surface area contributed by atoms with E-state index in [4.69, 9.17) is 0 Å². The summed E-state index contributed by atoms with van der Waals surface area (Å²) in [5, 5.41) is 2.92. The van der Waals surface area contributed by atoms with Crippen LogP contribution in [0, 0.1) is 6.92 Å². The number of amides is 1. The Hall–Kier alpha value is -1.13. The van der Waals surface area contributed by atoms with Gasteiger partial charge < -0.3 is 5.32 Å². The number of hydrogen-bond acceptors (Lipinski definition) is 1. The molecule has 0 radical (unpaired) electrons. The Bertz CT molecular complexity index is 692. The maximum Gasteiger partial charge on any atom is 0.224 e. The average molecular weight is 409 g/mol. The van der Waals surface area contributed by atoms with Crippen LogP contribution >= 0.6 is 31.9 Å². The first-order valence-corrected chi connectivity index (χ1v) is 8.57. The summed E-state index contributed by atoms with van der Waals surface area (Å²) in [4.78, 5) is 11.6. The second-order valence-electron chi connectivity index (χ2n) is 5.39. The van der Waals surface area contributed by atoms with E-state index in [9.17, 15) is 4.79 Å². The summed E-state index contributed by atoms with van der Waals surface area (Å²) in [5.41, 5.74) is 5.82. The highest BCUT2D eigenvalue weighted by atomic mass is 79.9. The van der Waals surface area contributed by atoms with Gasteiger partial charge in [-0.25, -0.2) is 0 Å². The number of halogens is 2. The van der Waals surface area contributed by atoms with Gasteiger partial charge in [-0.05, 0) is 53.8 Å². The second-order valence-corrected chi connectivity index (χ2v) is 7.22. The van der Waals surface area contributed by atoms with Gasteiger partial charge in [0, 0.05) is 16.6 Å². The van der Waals surface area contributed by atoms with E-state index in [-0.39, 0.29) is 10.7 Å². The summed E-state index contributed by atoms with van der Waals surface area (Å²) in [6.45, 7) is 2.09. The molecular formula is C17H15Br2NO. The molecule has 0 saturated carbocycles. The first-order valence-electron chi connectivity index (χ1n) is 6.87. The van der Waals surface area contributed by atoms with E-state index in [2.05, 4.69) is 74.4 Å². The number of anilines is 1. The highest BCUT2D eigenvalue weighted by Crippen LogP contribution is 2.35. The fourth-order valence-electron chi connectivity index (χ4n) is 2.66. The van der Waals surface area contributed by atoms with Gasteiger partial charge in [0.2, 0.25) is 5.91 Å². The third-order valence-electron chi connectivity index (χ3n) is 3.67. The molecule has 3 rings (SSSR count). The third kappa shape index (κ3) is 3.22. The van der Waals surface area contributed by atoms with E-state index in [1.54, 1.807) is 0 Å². The van der Waals surface area contributed by atoms with Crippen molar-refractivity contribution in [3.8, 4) is 0 Å². The van der Waals surface area contributed by atoms with Gasteiger partial charge in [0.25, 0.3) is 0 Å². The number of alkyl halides is 1. The normalized spacial score (nSPS) is 15.3. The molecule has 0 spiro atoms. The maximum absolute atomic E-state index is 11.4. The lowest BCUT2D eigenvalue weighted by molar-refractivity contribution is -0.116. The summed E-state index contributed by atoms with van der Waals surface area (Å²) in [6, 6.07) is 12.7. The van der Waals surface area contributed by atoms with Crippen molar-refractivity contribution in [2.45, 2.75) is 24.6 Å². The molecule has 0 aromatic heterocycles. The molecule has 0 saturated heterocycles. The van der Waals surface area contributed by atoms with Crippen LogP contribution in [0.3, 0.4) is 0 Å². The van der Waals surface area contributed by atoms with Gasteiger partial charge in [0.15, 0.2) is 0 Å². The second kappa shape index (κ2) is 5.93. The van der Waals surface area contributed by atoms with Crippen molar-refractivity contribution >= 4 is 43.5 Å². The van der Waals surface area contributed by atoms with Gasteiger partial charge in [0.05, 0.1) is 4.83 Å². The van der Waals surface area contributed by atoms with Gasteiger partial charge in [-0.15, -0.1) is 0 Å². The summed E-state index contributed by atoms with van der Waals surface area (Å²) in [6.07, 6.45) is 1.38. The first-order chi connectivity index (χ1) is 10.0. The minimum atomic E-state index is 0.105. The Morgan fingerprint density at radius 3 is 2.67 bits per heavy atom.